The van der Waals surface area contributed by atoms with Gasteiger partial charge in [-0.2, -0.15) is 0 Å². The average Bonchev–Trinajstić information content (AvgIpc) is 3.41. The van der Waals surface area contributed by atoms with Crippen molar-refractivity contribution < 1.29 is 14.6 Å². The molecule has 0 radical (unpaired) electrons. The van der Waals surface area contributed by atoms with E-state index in [-0.39, 0.29) is 24.3 Å². The lowest BCUT2D eigenvalue weighted by molar-refractivity contribution is -0.123. The quantitative estimate of drug-likeness (QED) is 0.858. The molecule has 1 aliphatic carbocycles. The van der Waals surface area contributed by atoms with E-state index in [1.165, 1.54) is 0 Å². The average molecular weight is 325 g/mol. The monoisotopic (exact) mass is 325 g/mol. The van der Waals surface area contributed by atoms with E-state index in [0.29, 0.717) is 0 Å². The lowest BCUT2D eigenvalue weighted by atomic mass is 9.96. The molecule has 4 heteroatoms. The summed E-state index contributed by atoms with van der Waals surface area (Å²) in [6, 6.07) is 17.2. The van der Waals surface area contributed by atoms with Crippen LogP contribution in [-0.4, -0.2) is 24.7 Å². The summed E-state index contributed by atoms with van der Waals surface area (Å²) in [4.78, 5) is 12.4. The number of methoxy groups -OCH3 is 1. The largest absolute Gasteiger partial charge is 0.496 e. The van der Waals surface area contributed by atoms with Gasteiger partial charge in [-0.3, -0.25) is 4.79 Å². The molecule has 3 atom stereocenters. The Hall–Kier alpha value is -2.33. The van der Waals surface area contributed by atoms with Gasteiger partial charge >= 0.3 is 0 Å². The minimum atomic E-state index is -1.08. The number of hydrogen-bond donors (Lipinski definition) is 2. The van der Waals surface area contributed by atoms with Gasteiger partial charge in [-0.05, 0) is 36.5 Å². The Labute approximate surface area is 142 Å². The first-order valence-corrected chi connectivity index (χ1v) is 8.21. The Morgan fingerprint density at radius 1 is 1.21 bits per heavy atom. The van der Waals surface area contributed by atoms with Crippen molar-refractivity contribution in [1.82, 2.24) is 5.32 Å². The van der Waals surface area contributed by atoms with Crippen LogP contribution in [0.5, 0.6) is 5.75 Å². The molecular weight excluding hydrogens is 302 g/mol. The lowest BCUT2D eigenvalue weighted by Crippen LogP contribution is -2.39. The minimum absolute atomic E-state index is 0.0119. The summed E-state index contributed by atoms with van der Waals surface area (Å²) in [6.45, 7) is 1.91. The number of hydrogen-bond acceptors (Lipinski definition) is 3. The van der Waals surface area contributed by atoms with Crippen molar-refractivity contribution in [2.75, 3.05) is 13.7 Å². The van der Waals surface area contributed by atoms with Crippen molar-refractivity contribution in [2.24, 2.45) is 5.92 Å². The van der Waals surface area contributed by atoms with Crippen molar-refractivity contribution in [2.45, 2.75) is 24.9 Å². The van der Waals surface area contributed by atoms with Gasteiger partial charge in [0.05, 0.1) is 13.7 Å². The van der Waals surface area contributed by atoms with Crippen LogP contribution in [0, 0.1) is 5.92 Å². The number of para-hydroxylation sites is 1. The second-order valence-corrected chi connectivity index (χ2v) is 6.55. The summed E-state index contributed by atoms with van der Waals surface area (Å²) >= 11 is 0. The fourth-order valence-corrected chi connectivity index (χ4v) is 3.09. The van der Waals surface area contributed by atoms with Crippen LogP contribution in [0.4, 0.5) is 0 Å². The van der Waals surface area contributed by atoms with Crippen LogP contribution >= 0.6 is 0 Å². The van der Waals surface area contributed by atoms with Crippen molar-refractivity contribution >= 4 is 5.91 Å². The Balaban J connectivity index is 1.59. The molecule has 0 aliphatic heterocycles. The van der Waals surface area contributed by atoms with Gasteiger partial charge in [0.15, 0.2) is 0 Å². The zero-order valence-electron chi connectivity index (χ0n) is 14.0. The van der Waals surface area contributed by atoms with Crippen molar-refractivity contribution in [3.63, 3.8) is 0 Å². The number of nitrogens with one attached hydrogen (secondary N) is 1. The molecule has 0 saturated heterocycles. The Morgan fingerprint density at radius 2 is 1.88 bits per heavy atom. The predicted molar refractivity (Wildman–Crippen MR) is 92.9 cm³/mol. The molecule has 0 heterocycles. The number of amides is 1. The number of carbonyl (C=O) groups excluding carboxylic acids is 1. The second kappa shape index (κ2) is 6.65. The highest BCUT2D eigenvalue weighted by Crippen LogP contribution is 2.50. The Bertz CT molecular complexity index is 712. The van der Waals surface area contributed by atoms with Gasteiger partial charge in [0.1, 0.15) is 11.4 Å². The third-order valence-electron chi connectivity index (χ3n) is 4.67. The first-order chi connectivity index (χ1) is 11.5. The molecule has 3 rings (SSSR count). The molecule has 1 saturated carbocycles. The zero-order chi connectivity index (χ0) is 17.2. The molecule has 1 fully saturated rings. The molecule has 0 bridgehead atoms. The number of ether oxygens (including phenoxy) is 1. The van der Waals surface area contributed by atoms with Crippen LogP contribution in [-0.2, 0) is 10.4 Å². The van der Waals surface area contributed by atoms with Gasteiger partial charge in [0, 0.05) is 5.92 Å². The minimum Gasteiger partial charge on any atom is -0.496 e. The maximum Gasteiger partial charge on any atom is 0.223 e. The topological polar surface area (TPSA) is 58.6 Å². The fourth-order valence-electron chi connectivity index (χ4n) is 3.09. The SMILES string of the molecule is COc1ccccc1C1CC1C(=O)NCC(C)(O)c1ccccc1. The van der Waals surface area contributed by atoms with Crippen LogP contribution in [0.3, 0.4) is 0 Å². The van der Waals surface area contributed by atoms with Crippen molar-refractivity contribution in [3.05, 3.63) is 65.7 Å². The lowest BCUT2D eigenvalue weighted by Gasteiger charge is -2.24. The summed E-state index contributed by atoms with van der Waals surface area (Å²) < 4.78 is 5.38. The van der Waals surface area contributed by atoms with Crippen LogP contribution in [0.25, 0.3) is 0 Å². The standard InChI is InChI=1S/C20H23NO3/c1-20(23,14-8-4-3-5-9-14)13-21-19(22)17-12-16(17)15-10-6-7-11-18(15)24-2/h3-11,16-17,23H,12-13H2,1-2H3,(H,21,22). The van der Waals surface area contributed by atoms with Crippen molar-refractivity contribution in [1.29, 1.82) is 0 Å². The molecule has 2 aromatic rings. The molecule has 2 N–H and O–H groups in total. The van der Waals surface area contributed by atoms with Crippen LogP contribution in [0.2, 0.25) is 0 Å². The normalized spacial score (nSPS) is 21.6. The molecule has 1 amide bonds. The fraction of sp³-hybridized carbons (Fsp3) is 0.350. The van der Waals surface area contributed by atoms with Gasteiger partial charge in [-0.25, -0.2) is 0 Å². The van der Waals surface area contributed by atoms with E-state index in [0.717, 1.165) is 23.3 Å². The summed E-state index contributed by atoms with van der Waals surface area (Å²) in [5, 5.41) is 13.5. The van der Waals surface area contributed by atoms with Gasteiger partial charge in [0.2, 0.25) is 5.91 Å². The molecule has 24 heavy (non-hydrogen) atoms. The van der Waals surface area contributed by atoms with E-state index in [2.05, 4.69) is 5.32 Å². The van der Waals surface area contributed by atoms with E-state index in [4.69, 9.17) is 4.74 Å². The van der Waals surface area contributed by atoms with E-state index in [1.54, 1.807) is 14.0 Å². The summed E-state index contributed by atoms with van der Waals surface area (Å²) in [5.74, 6) is 0.965. The number of aliphatic hydroxyl groups is 1. The second-order valence-electron chi connectivity index (χ2n) is 6.55. The molecule has 0 aromatic heterocycles. The van der Waals surface area contributed by atoms with E-state index in [1.807, 2.05) is 54.6 Å². The van der Waals surface area contributed by atoms with Gasteiger partial charge in [-0.1, -0.05) is 48.5 Å². The summed E-state index contributed by atoms with van der Waals surface area (Å²) in [6.07, 6.45) is 0.819. The zero-order valence-corrected chi connectivity index (χ0v) is 14.0. The van der Waals surface area contributed by atoms with E-state index >= 15 is 0 Å². The Morgan fingerprint density at radius 3 is 2.58 bits per heavy atom. The first kappa shape index (κ1) is 16.5. The molecule has 1 aliphatic rings. The number of rotatable bonds is 6. The van der Waals surface area contributed by atoms with Crippen LogP contribution in [0.15, 0.2) is 54.6 Å². The third kappa shape index (κ3) is 3.44. The molecule has 2 aromatic carbocycles. The van der Waals surface area contributed by atoms with Crippen LogP contribution in [0.1, 0.15) is 30.4 Å². The maximum atomic E-state index is 12.4. The molecule has 3 unspecified atom stereocenters. The Kier molecular flexibility index (Phi) is 4.58. The maximum absolute atomic E-state index is 12.4. The van der Waals surface area contributed by atoms with Gasteiger partial charge < -0.3 is 15.2 Å². The highest BCUT2D eigenvalue weighted by molar-refractivity contribution is 5.83. The molecular formula is C20H23NO3. The van der Waals surface area contributed by atoms with Gasteiger partial charge in [0.25, 0.3) is 0 Å². The number of carbonyl (C=O) groups is 1. The summed E-state index contributed by atoms with van der Waals surface area (Å²) in [7, 11) is 1.65. The van der Waals surface area contributed by atoms with E-state index < -0.39 is 5.60 Å². The molecule has 126 valence electrons. The van der Waals surface area contributed by atoms with Gasteiger partial charge in [-0.15, -0.1) is 0 Å². The first-order valence-electron chi connectivity index (χ1n) is 8.21. The summed E-state index contributed by atoms with van der Waals surface area (Å²) in [5.41, 5.74) is 0.795. The molecule has 4 nitrogen and oxygen atoms in total. The molecule has 0 spiro atoms. The van der Waals surface area contributed by atoms with E-state index in [9.17, 15) is 9.90 Å². The third-order valence-corrected chi connectivity index (χ3v) is 4.67. The smallest absolute Gasteiger partial charge is 0.223 e. The highest BCUT2D eigenvalue weighted by atomic mass is 16.5. The van der Waals surface area contributed by atoms with Crippen molar-refractivity contribution in [3.8, 4) is 5.75 Å². The van der Waals surface area contributed by atoms with Crippen LogP contribution < -0.4 is 10.1 Å². The number of benzene rings is 2. The highest BCUT2D eigenvalue weighted by Gasteiger charge is 2.45. The predicted octanol–water partition coefficient (Wildman–Crippen LogP) is 2.82.